The molecule has 0 saturated carbocycles. The molecule has 27 heavy (non-hydrogen) atoms. The Morgan fingerprint density at radius 1 is 1.11 bits per heavy atom. The first-order valence-electron chi connectivity index (χ1n) is 8.01. The molecule has 2 rings (SSSR count). The van der Waals surface area contributed by atoms with Crippen molar-refractivity contribution in [3.63, 3.8) is 0 Å². The smallest absolute Gasteiger partial charge is 0.191 e. The largest absolute Gasteiger partial charge is 0.496 e. The van der Waals surface area contributed by atoms with Crippen LogP contribution in [0.25, 0.3) is 0 Å². The van der Waals surface area contributed by atoms with Crippen LogP contribution in [0, 0.1) is 5.82 Å². The first-order valence-corrected chi connectivity index (χ1v) is 9.67. The summed E-state index contributed by atoms with van der Waals surface area (Å²) in [6.45, 7) is 0.562. The third-order valence-corrected chi connectivity index (χ3v) is 5.44. The predicted octanol–water partition coefficient (Wildman–Crippen LogP) is 2.59. The summed E-state index contributed by atoms with van der Waals surface area (Å²) in [6.07, 6.45) is 0. The van der Waals surface area contributed by atoms with E-state index >= 15 is 0 Å². The fourth-order valence-corrected chi connectivity index (χ4v) is 3.60. The minimum absolute atomic E-state index is 0. The molecule has 6 nitrogen and oxygen atoms in total. The highest BCUT2D eigenvalue weighted by atomic mass is 127. The summed E-state index contributed by atoms with van der Waals surface area (Å²) in [5.41, 5.74) is 0.942. The van der Waals surface area contributed by atoms with Crippen LogP contribution in [-0.4, -0.2) is 40.8 Å². The number of methoxy groups -OCH3 is 1. The van der Waals surface area contributed by atoms with Crippen LogP contribution in [0.15, 0.2) is 58.4 Å². The Morgan fingerprint density at radius 2 is 1.78 bits per heavy atom. The van der Waals surface area contributed by atoms with E-state index < -0.39 is 15.7 Å². The Kier molecular flexibility index (Phi) is 9.50. The lowest BCUT2D eigenvalue weighted by molar-refractivity contribution is 0.409. The van der Waals surface area contributed by atoms with E-state index in [0.717, 1.165) is 17.4 Å². The Morgan fingerprint density at radius 3 is 2.44 bits per heavy atom. The van der Waals surface area contributed by atoms with E-state index in [1.165, 1.54) is 18.2 Å². The van der Waals surface area contributed by atoms with Crippen molar-refractivity contribution in [2.45, 2.75) is 11.4 Å². The second-order valence-electron chi connectivity index (χ2n) is 5.41. The maximum atomic E-state index is 13.7. The van der Waals surface area contributed by atoms with E-state index in [9.17, 15) is 12.8 Å². The van der Waals surface area contributed by atoms with Gasteiger partial charge >= 0.3 is 0 Å². The maximum Gasteiger partial charge on any atom is 0.191 e. The molecule has 0 aliphatic rings. The molecule has 0 bridgehead atoms. The second kappa shape index (κ2) is 11.1. The average Bonchev–Trinajstić information content (AvgIpc) is 2.64. The Hall–Kier alpha value is -1.88. The van der Waals surface area contributed by atoms with Crippen LogP contribution in [0.3, 0.4) is 0 Å². The standard InChI is InChI=1S/C18H22FN3O3S.HI/c1-20-18(22-13-14-7-3-5-9-16(14)25-2)21-11-12-26(23,24)17-10-6-4-8-15(17)19;/h3-10H,11-13H2,1-2H3,(H2,20,21,22);1H. The number of sulfone groups is 1. The van der Waals surface area contributed by atoms with Gasteiger partial charge in [0.1, 0.15) is 16.5 Å². The molecule has 2 aromatic carbocycles. The second-order valence-corrected chi connectivity index (χ2v) is 7.49. The van der Waals surface area contributed by atoms with Crippen molar-refractivity contribution in [3.05, 3.63) is 59.9 Å². The number of nitrogens with zero attached hydrogens (tertiary/aromatic N) is 1. The van der Waals surface area contributed by atoms with Gasteiger partial charge in [-0.3, -0.25) is 4.99 Å². The summed E-state index contributed by atoms with van der Waals surface area (Å²) in [7, 11) is -0.530. The summed E-state index contributed by atoms with van der Waals surface area (Å²) in [6, 6.07) is 12.9. The maximum absolute atomic E-state index is 13.7. The van der Waals surface area contributed by atoms with Gasteiger partial charge in [0.2, 0.25) is 0 Å². The molecule has 0 radical (unpaired) electrons. The molecule has 0 fully saturated rings. The average molecular weight is 507 g/mol. The van der Waals surface area contributed by atoms with Gasteiger partial charge in [-0.25, -0.2) is 12.8 Å². The highest BCUT2D eigenvalue weighted by Crippen LogP contribution is 2.17. The molecule has 0 saturated heterocycles. The number of benzene rings is 2. The van der Waals surface area contributed by atoms with Gasteiger partial charge in [-0.1, -0.05) is 30.3 Å². The lowest BCUT2D eigenvalue weighted by Gasteiger charge is -2.14. The van der Waals surface area contributed by atoms with E-state index in [1.54, 1.807) is 14.2 Å². The fraction of sp³-hybridized carbons (Fsp3) is 0.278. The van der Waals surface area contributed by atoms with Gasteiger partial charge in [0, 0.05) is 25.7 Å². The number of nitrogens with one attached hydrogen (secondary N) is 2. The van der Waals surface area contributed by atoms with Crippen molar-refractivity contribution in [3.8, 4) is 5.75 Å². The molecule has 0 aliphatic carbocycles. The SMILES string of the molecule is CN=C(NCCS(=O)(=O)c1ccccc1F)NCc1ccccc1OC.I. The normalized spacial score (nSPS) is 11.4. The monoisotopic (exact) mass is 507 g/mol. The van der Waals surface area contributed by atoms with E-state index in [1.807, 2.05) is 24.3 Å². The summed E-state index contributed by atoms with van der Waals surface area (Å²) < 4.78 is 43.4. The zero-order valence-electron chi connectivity index (χ0n) is 15.1. The molecule has 2 aromatic rings. The molecular formula is C18H23FIN3O3S. The molecule has 0 unspecified atom stereocenters. The lowest BCUT2D eigenvalue weighted by Crippen LogP contribution is -2.39. The van der Waals surface area contributed by atoms with Crippen LogP contribution in [0.5, 0.6) is 5.75 Å². The molecule has 2 N–H and O–H groups in total. The lowest BCUT2D eigenvalue weighted by atomic mass is 10.2. The summed E-state index contributed by atoms with van der Waals surface area (Å²) in [5.74, 6) is 0.201. The van der Waals surface area contributed by atoms with Crippen molar-refractivity contribution in [1.29, 1.82) is 0 Å². The molecule has 9 heteroatoms. The first kappa shape index (κ1) is 23.2. The molecule has 148 valence electrons. The predicted molar refractivity (Wildman–Crippen MR) is 115 cm³/mol. The number of ether oxygens (including phenoxy) is 1. The zero-order chi connectivity index (χ0) is 19.0. The van der Waals surface area contributed by atoms with E-state index in [0.29, 0.717) is 12.5 Å². The van der Waals surface area contributed by atoms with E-state index in [4.69, 9.17) is 4.74 Å². The zero-order valence-corrected chi connectivity index (χ0v) is 18.3. The fourth-order valence-electron chi connectivity index (χ4n) is 2.36. The minimum atomic E-state index is -3.71. The van der Waals surface area contributed by atoms with Gasteiger partial charge in [-0.2, -0.15) is 0 Å². The summed E-state index contributed by atoms with van der Waals surface area (Å²) in [5, 5.41) is 6.01. The Balaban J connectivity index is 0.00000364. The molecule has 0 spiro atoms. The third-order valence-electron chi connectivity index (χ3n) is 3.70. The minimum Gasteiger partial charge on any atom is -0.496 e. The van der Waals surface area contributed by atoms with Gasteiger partial charge < -0.3 is 15.4 Å². The van der Waals surface area contributed by atoms with Crippen LogP contribution >= 0.6 is 24.0 Å². The van der Waals surface area contributed by atoms with Crippen LogP contribution in [0.2, 0.25) is 0 Å². The number of rotatable bonds is 7. The van der Waals surface area contributed by atoms with Gasteiger partial charge in [-0.05, 0) is 18.2 Å². The highest BCUT2D eigenvalue weighted by Gasteiger charge is 2.18. The van der Waals surface area contributed by atoms with Crippen LogP contribution in [0.1, 0.15) is 5.56 Å². The van der Waals surface area contributed by atoms with Crippen LogP contribution < -0.4 is 15.4 Å². The van der Waals surface area contributed by atoms with Crippen LogP contribution in [0.4, 0.5) is 4.39 Å². The first-order chi connectivity index (χ1) is 12.5. The van der Waals surface area contributed by atoms with Gasteiger partial charge in [0.15, 0.2) is 15.8 Å². The van der Waals surface area contributed by atoms with Gasteiger partial charge in [-0.15, -0.1) is 24.0 Å². The number of hydrogen-bond donors (Lipinski definition) is 2. The summed E-state index contributed by atoms with van der Waals surface area (Å²) >= 11 is 0. The number of para-hydroxylation sites is 1. The molecule has 0 aromatic heterocycles. The van der Waals surface area contributed by atoms with Crippen molar-refractivity contribution < 1.29 is 17.5 Å². The number of aliphatic imine (C=N–C) groups is 1. The number of halogens is 2. The van der Waals surface area contributed by atoms with Crippen molar-refractivity contribution in [2.24, 2.45) is 4.99 Å². The molecule has 0 aliphatic heterocycles. The highest BCUT2D eigenvalue weighted by molar-refractivity contribution is 14.0. The van der Waals surface area contributed by atoms with Gasteiger partial charge in [0.05, 0.1) is 12.9 Å². The Bertz CT molecular complexity index is 876. The molecule has 0 heterocycles. The van der Waals surface area contributed by atoms with Crippen molar-refractivity contribution in [2.75, 3.05) is 26.5 Å². The molecule has 0 atom stereocenters. The molecular weight excluding hydrogens is 484 g/mol. The number of guanidine groups is 1. The molecule has 0 amide bonds. The van der Waals surface area contributed by atoms with Crippen molar-refractivity contribution in [1.82, 2.24) is 10.6 Å². The summed E-state index contributed by atoms with van der Waals surface area (Å²) in [4.78, 5) is 3.76. The van der Waals surface area contributed by atoms with Crippen LogP contribution in [-0.2, 0) is 16.4 Å². The van der Waals surface area contributed by atoms with Crippen molar-refractivity contribution >= 4 is 39.8 Å². The Labute approximate surface area is 176 Å². The van der Waals surface area contributed by atoms with Gasteiger partial charge in [0.25, 0.3) is 0 Å². The number of hydrogen-bond acceptors (Lipinski definition) is 4. The van der Waals surface area contributed by atoms with E-state index in [2.05, 4.69) is 15.6 Å². The third kappa shape index (κ3) is 6.65. The topological polar surface area (TPSA) is 79.8 Å². The quantitative estimate of drug-likeness (QED) is 0.342. The van der Waals surface area contributed by atoms with E-state index in [-0.39, 0.29) is 41.2 Å².